The Balaban J connectivity index is 1.88. The number of hydrogen-bond acceptors (Lipinski definition) is 6. The number of esters is 1. The van der Waals surface area contributed by atoms with Gasteiger partial charge in [-0.2, -0.15) is 0 Å². The van der Waals surface area contributed by atoms with E-state index in [9.17, 15) is 9.59 Å². The standard InChI is InChI=1S/C18H20N2O5/c1-11-8-12(24-16(11)18(22)23-3)9-20-10-15(17(21)19-2)25-14-7-5-4-6-13(14)20/h4-8,15H,9-10H2,1-3H3,(H,19,21). The molecule has 0 saturated heterocycles. The van der Waals surface area contributed by atoms with Crippen LogP contribution in [0.25, 0.3) is 0 Å². The number of anilines is 1. The van der Waals surface area contributed by atoms with Crippen molar-refractivity contribution in [2.45, 2.75) is 19.6 Å². The van der Waals surface area contributed by atoms with E-state index >= 15 is 0 Å². The fourth-order valence-electron chi connectivity index (χ4n) is 2.86. The summed E-state index contributed by atoms with van der Waals surface area (Å²) in [6.07, 6.45) is -0.615. The molecular formula is C18H20N2O5. The molecule has 7 heteroatoms. The maximum absolute atomic E-state index is 12.0. The molecular weight excluding hydrogens is 324 g/mol. The van der Waals surface area contributed by atoms with Crippen molar-refractivity contribution in [2.75, 3.05) is 25.6 Å². The van der Waals surface area contributed by atoms with Gasteiger partial charge in [0.25, 0.3) is 5.91 Å². The number of nitrogens with one attached hydrogen (secondary N) is 1. The molecule has 1 aromatic carbocycles. The highest BCUT2D eigenvalue weighted by Gasteiger charge is 2.31. The quantitative estimate of drug-likeness (QED) is 0.853. The number of nitrogens with zero attached hydrogens (tertiary/aromatic N) is 1. The van der Waals surface area contributed by atoms with Crippen molar-refractivity contribution in [3.8, 4) is 5.75 Å². The average Bonchev–Trinajstić information content (AvgIpc) is 3.00. The zero-order valence-electron chi connectivity index (χ0n) is 14.4. The van der Waals surface area contributed by atoms with Crippen LogP contribution in [0.3, 0.4) is 0 Å². The van der Waals surface area contributed by atoms with E-state index in [2.05, 4.69) is 5.32 Å². The molecule has 0 bridgehead atoms. The van der Waals surface area contributed by atoms with E-state index in [4.69, 9.17) is 13.9 Å². The Kier molecular flexibility index (Phi) is 4.65. The second kappa shape index (κ2) is 6.88. The number of rotatable bonds is 4. The van der Waals surface area contributed by atoms with Crippen LogP contribution in [0, 0.1) is 6.92 Å². The first-order valence-corrected chi connectivity index (χ1v) is 7.93. The van der Waals surface area contributed by atoms with Crippen molar-refractivity contribution in [1.29, 1.82) is 0 Å². The number of hydrogen-bond donors (Lipinski definition) is 1. The van der Waals surface area contributed by atoms with Gasteiger partial charge in [-0.25, -0.2) is 4.79 Å². The van der Waals surface area contributed by atoms with Crippen molar-refractivity contribution in [3.63, 3.8) is 0 Å². The number of carbonyl (C=O) groups excluding carboxylic acids is 2. The summed E-state index contributed by atoms with van der Waals surface area (Å²) >= 11 is 0. The summed E-state index contributed by atoms with van der Waals surface area (Å²) in [5.41, 5.74) is 1.59. The summed E-state index contributed by atoms with van der Waals surface area (Å²) < 4.78 is 16.1. The van der Waals surface area contributed by atoms with Gasteiger partial charge in [0.05, 0.1) is 25.9 Å². The molecule has 1 unspecified atom stereocenters. The van der Waals surface area contributed by atoms with Gasteiger partial charge in [0.2, 0.25) is 5.76 Å². The lowest BCUT2D eigenvalue weighted by atomic mass is 10.1. The van der Waals surface area contributed by atoms with Crippen molar-refractivity contribution < 1.29 is 23.5 Å². The van der Waals surface area contributed by atoms with Crippen LogP contribution in [-0.4, -0.2) is 38.7 Å². The molecule has 1 aliphatic heterocycles. The third-order valence-corrected chi connectivity index (χ3v) is 4.09. The van der Waals surface area contributed by atoms with Crippen LogP contribution >= 0.6 is 0 Å². The number of amides is 1. The predicted octanol–water partition coefficient (Wildman–Crippen LogP) is 1.89. The minimum Gasteiger partial charge on any atom is -0.477 e. The van der Waals surface area contributed by atoms with Crippen LogP contribution in [0.15, 0.2) is 34.7 Å². The van der Waals surface area contributed by atoms with Gasteiger partial charge in [-0.05, 0) is 25.1 Å². The van der Waals surface area contributed by atoms with E-state index in [1.165, 1.54) is 7.11 Å². The Hall–Kier alpha value is -2.96. The molecule has 7 nitrogen and oxygen atoms in total. The third-order valence-electron chi connectivity index (χ3n) is 4.09. The fourth-order valence-corrected chi connectivity index (χ4v) is 2.86. The number of carbonyl (C=O) groups is 2. The second-order valence-corrected chi connectivity index (χ2v) is 5.79. The molecule has 0 aliphatic carbocycles. The molecule has 1 amide bonds. The SMILES string of the molecule is CNC(=O)C1CN(Cc2cc(C)c(C(=O)OC)o2)c2ccccc2O1. The summed E-state index contributed by atoms with van der Waals surface area (Å²) in [6.45, 7) is 2.58. The first-order chi connectivity index (χ1) is 12.0. The lowest BCUT2D eigenvalue weighted by Crippen LogP contribution is -2.47. The first-order valence-electron chi connectivity index (χ1n) is 7.93. The van der Waals surface area contributed by atoms with E-state index in [-0.39, 0.29) is 11.7 Å². The summed E-state index contributed by atoms with van der Waals surface area (Å²) in [4.78, 5) is 25.7. The summed E-state index contributed by atoms with van der Waals surface area (Å²) in [7, 11) is 2.89. The third kappa shape index (κ3) is 3.31. The van der Waals surface area contributed by atoms with Gasteiger partial charge in [0.1, 0.15) is 11.5 Å². The Morgan fingerprint density at radius 2 is 2.12 bits per heavy atom. The number of benzene rings is 1. The fraction of sp³-hybridized carbons (Fsp3) is 0.333. The lowest BCUT2D eigenvalue weighted by Gasteiger charge is -2.34. The molecule has 0 radical (unpaired) electrons. The monoisotopic (exact) mass is 344 g/mol. The van der Waals surface area contributed by atoms with Gasteiger partial charge in [-0.1, -0.05) is 12.1 Å². The summed E-state index contributed by atoms with van der Waals surface area (Å²) in [5.74, 6) is 0.755. The molecule has 1 aromatic heterocycles. The van der Waals surface area contributed by atoms with Crippen LogP contribution in [0.1, 0.15) is 21.9 Å². The van der Waals surface area contributed by atoms with Crippen LogP contribution in [-0.2, 0) is 16.1 Å². The maximum atomic E-state index is 12.0. The number of ether oxygens (including phenoxy) is 2. The van der Waals surface area contributed by atoms with Gasteiger partial charge in [-0.3, -0.25) is 4.79 Å². The molecule has 2 heterocycles. The Labute approximate surface area is 145 Å². The van der Waals surface area contributed by atoms with E-state index < -0.39 is 12.1 Å². The highest BCUT2D eigenvalue weighted by molar-refractivity contribution is 5.88. The number of methoxy groups -OCH3 is 1. The molecule has 0 fully saturated rings. The zero-order chi connectivity index (χ0) is 18.0. The lowest BCUT2D eigenvalue weighted by molar-refractivity contribution is -0.127. The van der Waals surface area contributed by atoms with Crippen molar-refractivity contribution in [3.05, 3.63) is 47.4 Å². The van der Waals surface area contributed by atoms with E-state index in [1.54, 1.807) is 20.0 Å². The Bertz CT molecular complexity index is 799. The maximum Gasteiger partial charge on any atom is 0.374 e. The average molecular weight is 344 g/mol. The van der Waals surface area contributed by atoms with Crippen LogP contribution in [0.4, 0.5) is 5.69 Å². The molecule has 2 aromatic rings. The summed E-state index contributed by atoms with van der Waals surface area (Å²) in [6, 6.07) is 9.31. The van der Waals surface area contributed by atoms with Gasteiger partial charge in [0.15, 0.2) is 6.10 Å². The predicted molar refractivity (Wildman–Crippen MR) is 90.8 cm³/mol. The number of fused-ring (bicyclic) bond motifs is 1. The van der Waals surface area contributed by atoms with Gasteiger partial charge in [-0.15, -0.1) is 0 Å². The van der Waals surface area contributed by atoms with Crippen LogP contribution in [0.5, 0.6) is 5.75 Å². The molecule has 0 spiro atoms. The molecule has 1 N–H and O–H groups in total. The number of aryl methyl sites for hydroxylation is 1. The van der Waals surface area contributed by atoms with Crippen LogP contribution < -0.4 is 15.0 Å². The first kappa shape index (κ1) is 16.9. The minimum absolute atomic E-state index is 0.189. The van der Waals surface area contributed by atoms with E-state index in [0.29, 0.717) is 30.2 Å². The summed E-state index contributed by atoms with van der Waals surface area (Å²) in [5, 5.41) is 2.61. The molecule has 25 heavy (non-hydrogen) atoms. The Morgan fingerprint density at radius 3 is 2.84 bits per heavy atom. The highest BCUT2D eigenvalue weighted by Crippen LogP contribution is 2.34. The topological polar surface area (TPSA) is 81.0 Å². The smallest absolute Gasteiger partial charge is 0.374 e. The minimum atomic E-state index is -0.615. The largest absolute Gasteiger partial charge is 0.477 e. The highest BCUT2D eigenvalue weighted by atomic mass is 16.5. The number of para-hydroxylation sites is 2. The molecule has 3 rings (SSSR count). The van der Waals surface area contributed by atoms with Crippen molar-refractivity contribution >= 4 is 17.6 Å². The van der Waals surface area contributed by atoms with Gasteiger partial charge < -0.3 is 24.1 Å². The van der Waals surface area contributed by atoms with Gasteiger partial charge >= 0.3 is 5.97 Å². The second-order valence-electron chi connectivity index (χ2n) is 5.79. The molecule has 1 aliphatic rings. The van der Waals surface area contributed by atoms with Gasteiger partial charge in [0, 0.05) is 12.6 Å². The van der Waals surface area contributed by atoms with Crippen LogP contribution in [0.2, 0.25) is 0 Å². The number of furan rings is 1. The normalized spacial score (nSPS) is 16.0. The zero-order valence-corrected chi connectivity index (χ0v) is 14.4. The van der Waals surface area contributed by atoms with E-state index in [0.717, 1.165) is 5.69 Å². The molecule has 132 valence electrons. The van der Waals surface area contributed by atoms with E-state index in [1.807, 2.05) is 29.2 Å². The molecule has 1 atom stereocenters. The van der Waals surface area contributed by atoms with Crippen molar-refractivity contribution in [1.82, 2.24) is 5.32 Å². The van der Waals surface area contributed by atoms with Crippen molar-refractivity contribution in [2.24, 2.45) is 0 Å². The number of likely N-dealkylation sites (N-methyl/N-ethyl adjacent to an activating group) is 1. The molecule has 0 saturated carbocycles. The Morgan fingerprint density at radius 1 is 1.36 bits per heavy atom.